The number of halogens is 1. The van der Waals surface area contributed by atoms with Gasteiger partial charge in [-0.2, -0.15) is 4.57 Å². The monoisotopic (exact) mass is 327 g/mol. The molecule has 0 atom stereocenters. The summed E-state index contributed by atoms with van der Waals surface area (Å²) in [5.74, 6) is 0.158. The fourth-order valence-electron chi connectivity index (χ4n) is 2.04. The van der Waals surface area contributed by atoms with Crippen molar-refractivity contribution >= 4 is 12.1 Å². The molecule has 0 saturated carbocycles. The van der Waals surface area contributed by atoms with Crippen LogP contribution >= 0.6 is 0 Å². The number of hydrogen-bond acceptors (Lipinski definition) is 3. The first-order valence-electron chi connectivity index (χ1n) is 7.65. The van der Waals surface area contributed by atoms with Crippen molar-refractivity contribution in [2.45, 2.75) is 46.1 Å². The zero-order chi connectivity index (χ0) is 15.5. The van der Waals surface area contributed by atoms with Gasteiger partial charge in [-0.25, -0.2) is 0 Å². The molecule has 124 valence electrons. The van der Waals surface area contributed by atoms with Gasteiger partial charge in [-0.3, -0.25) is 4.79 Å². The molecular weight excluding hydrogens is 302 g/mol. The van der Waals surface area contributed by atoms with Crippen molar-refractivity contribution < 1.29 is 27.0 Å². The molecule has 0 aliphatic rings. The van der Waals surface area contributed by atoms with E-state index < -0.39 is 0 Å². The summed E-state index contributed by atoms with van der Waals surface area (Å²) < 4.78 is 1.85. The molecule has 0 saturated heterocycles. The molecule has 1 aromatic heterocycles. The highest BCUT2D eigenvalue weighted by molar-refractivity contribution is 5.78. The van der Waals surface area contributed by atoms with Gasteiger partial charge in [-0.1, -0.05) is 31.8 Å². The lowest BCUT2D eigenvalue weighted by molar-refractivity contribution is -0.685. The zero-order valence-corrected chi connectivity index (χ0v) is 14.2. The van der Waals surface area contributed by atoms with E-state index in [2.05, 4.69) is 19.0 Å². The second-order valence-corrected chi connectivity index (χ2v) is 5.14. The Morgan fingerprint density at radius 1 is 1.23 bits per heavy atom. The summed E-state index contributed by atoms with van der Waals surface area (Å²) in [4.78, 5) is 14.3. The van der Waals surface area contributed by atoms with Crippen LogP contribution in [-0.4, -0.2) is 35.3 Å². The van der Waals surface area contributed by atoms with Crippen LogP contribution in [0.15, 0.2) is 29.7 Å². The predicted octanol–water partition coefficient (Wildman–Crippen LogP) is -0.785. The largest absolute Gasteiger partial charge is 1.00 e. The molecule has 22 heavy (non-hydrogen) atoms. The maximum Gasteiger partial charge on any atom is 0.288 e. The number of carbonyl (C=O) groups excluding carboxylic acids is 1. The standard InChI is InChI=1S/C16H25N3O2.ClH/c1-3-5-9-19(10-6-4-2)16(20)14-18-11-7-15(8-12-18)13-17-21;/h7-8,11-13H,3-6,9-10,14H2,1-2H3;1H. The molecule has 0 spiro atoms. The summed E-state index contributed by atoms with van der Waals surface area (Å²) in [5.41, 5.74) is 0.801. The van der Waals surface area contributed by atoms with Gasteiger partial charge in [-0.05, 0) is 12.8 Å². The lowest BCUT2D eigenvalue weighted by Gasteiger charge is -2.20. The molecule has 0 unspecified atom stereocenters. The first-order chi connectivity index (χ1) is 10.2. The number of unbranched alkanes of at least 4 members (excludes halogenated alkanes) is 2. The van der Waals surface area contributed by atoms with Crippen molar-refractivity contribution in [1.29, 1.82) is 0 Å². The second-order valence-electron chi connectivity index (χ2n) is 5.14. The Hall–Kier alpha value is -1.62. The topological polar surface area (TPSA) is 56.8 Å². The van der Waals surface area contributed by atoms with Gasteiger partial charge in [-0.15, -0.1) is 0 Å². The number of hydrogen-bond donors (Lipinski definition) is 1. The minimum absolute atomic E-state index is 0. The average Bonchev–Trinajstić information content (AvgIpc) is 2.49. The summed E-state index contributed by atoms with van der Waals surface area (Å²) >= 11 is 0. The Morgan fingerprint density at radius 2 is 1.77 bits per heavy atom. The highest BCUT2D eigenvalue weighted by Gasteiger charge is 2.16. The average molecular weight is 328 g/mol. The quantitative estimate of drug-likeness (QED) is 0.280. The normalized spacial score (nSPS) is 10.5. The smallest absolute Gasteiger partial charge is 0.288 e. The van der Waals surface area contributed by atoms with Crippen LogP contribution in [0.2, 0.25) is 0 Å². The van der Waals surface area contributed by atoms with Gasteiger partial charge in [0.2, 0.25) is 6.54 Å². The number of rotatable bonds is 9. The number of oxime groups is 1. The van der Waals surface area contributed by atoms with E-state index in [1.807, 2.05) is 34.0 Å². The van der Waals surface area contributed by atoms with E-state index in [1.54, 1.807) is 0 Å². The minimum atomic E-state index is 0. The Balaban J connectivity index is 0.00000441. The summed E-state index contributed by atoms with van der Waals surface area (Å²) in [6.45, 7) is 6.30. The van der Waals surface area contributed by atoms with Crippen LogP contribution in [0.1, 0.15) is 45.1 Å². The molecule has 0 bridgehead atoms. The van der Waals surface area contributed by atoms with Crippen molar-refractivity contribution in [3.8, 4) is 0 Å². The molecule has 1 heterocycles. The van der Waals surface area contributed by atoms with Crippen LogP contribution in [0.4, 0.5) is 0 Å². The number of pyridine rings is 1. The van der Waals surface area contributed by atoms with Gasteiger partial charge in [0.25, 0.3) is 5.91 Å². The van der Waals surface area contributed by atoms with Gasteiger partial charge < -0.3 is 22.5 Å². The summed E-state index contributed by atoms with van der Waals surface area (Å²) in [6, 6.07) is 3.63. The number of nitrogens with zero attached hydrogens (tertiary/aromatic N) is 3. The van der Waals surface area contributed by atoms with Crippen LogP contribution in [0, 0.1) is 0 Å². The molecular formula is C16H26ClN3O2. The van der Waals surface area contributed by atoms with Crippen molar-refractivity contribution in [3.05, 3.63) is 30.1 Å². The summed E-state index contributed by atoms with van der Waals surface area (Å²) in [5, 5.41) is 11.5. The first-order valence-corrected chi connectivity index (χ1v) is 7.65. The lowest BCUT2D eigenvalue weighted by Crippen LogP contribution is -3.00. The van der Waals surface area contributed by atoms with Gasteiger partial charge in [0.15, 0.2) is 12.4 Å². The third kappa shape index (κ3) is 7.41. The van der Waals surface area contributed by atoms with Crippen LogP contribution in [0.5, 0.6) is 0 Å². The highest BCUT2D eigenvalue weighted by atomic mass is 35.5. The van der Waals surface area contributed by atoms with E-state index in [9.17, 15) is 4.79 Å². The highest BCUT2D eigenvalue weighted by Crippen LogP contribution is 2.00. The number of amides is 1. The second kappa shape index (κ2) is 12.0. The maximum atomic E-state index is 12.4. The molecule has 1 rings (SSSR count). The predicted molar refractivity (Wildman–Crippen MR) is 82.4 cm³/mol. The van der Waals surface area contributed by atoms with E-state index in [0.717, 1.165) is 44.3 Å². The van der Waals surface area contributed by atoms with Crippen LogP contribution in [0.3, 0.4) is 0 Å². The van der Waals surface area contributed by atoms with E-state index in [0.29, 0.717) is 6.54 Å². The van der Waals surface area contributed by atoms with E-state index in [-0.39, 0.29) is 18.3 Å². The summed E-state index contributed by atoms with van der Waals surface area (Å²) in [6.07, 6.45) is 9.30. The van der Waals surface area contributed by atoms with Crippen molar-refractivity contribution in [1.82, 2.24) is 4.90 Å². The van der Waals surface area contributed by atoms with E-state index in [4.69, 9.17) is 5.21 Å². The Labute approximate surface area is 139 Å². The minimum Gasteiger partial charge on any atom is -1.00 e. The van der Waals surface area contributed by atoms with Crippen LogP contribution in [0.25, 0.3) is 0 Å². The third-order valence-corrected chi connectivity index (χ3v) is 3.36. The van der Waals surface area contributed by atoms with E-state index in [1.165, 1.54) is 6.21 Å². The Bertz CT molecular complexity index is 441. The third-order valence-electron chi connectivity index (χ3n) is 3.36. The number of aromatic nitrogens is 1. The molecule has 6 heteroatoms. The fourth-order valence-corrected chi connectivity index (χ4v) is 2.04. The first kappa shape index (κ1) is 20.4. The van der Waals surface area contributed by atoms with E-state index >= 15 is 0 Å². The molecule has 0 aromatic carbocycles. The molecule has 0 fully saturated rings. The Kier molecular flexibility index (Phi) is 11.1. The molecule has 1 N–H and O–H groups in total. The molecule has 0 aliphatic carbocycles. The Morgan fingerprint density at radius 3 is 2.23 bits per heavy atom. The van der Waals surface area contributed by atoms with Gasteiger partial charge >= 0.3 is 0 Å². The van der Waals surface area contributed by atoms with Crippen LogP contribution < -0.4 is 17.0 Å². The van der Waals surface area contributed by atoms with Crippen LogP contribution in [-0.2, 0) is 11.3 Å². The van der Waals surface area contributed by atoms with Crippen molar-refractivity contribution in [2.24, 2.45) is 5.16 Å². The SMILES string of the molecule is CCCCN(CCCC)C(=O)C[n+]1ccc(/C=N/O)cc1.[Cl-]. The summed E-state index contributed by atoms with van der Waals surface area (Å²) in [7, 11) is 0. The maximum absolute atomic E-state index is 12.4. The van der Waals surface area contributed by atoms with Crippen molar-refractivity contribution in [2.75, 3.05) is 13.1 Å². The van der Waals surface area contributed by atoms with Gasteiger partial charge in [0.1, 0.15) is 0 Å². The molecule has 5 nitrogen and oxygen atoms in total. The number of carbonyl (C=O) groups is 1. The fraction of sp³-hybridized carbons (Fsp3) is 0.562. The molecule has 1 amide bonds. The van der Waals surface area contributed by atoms with Gasteiger partial charge in [0, 0.05) is 30.8 Å². The zero-order valence-electron chi connectivity index (χ0n) is 13.4. The molecule has 1 aromatic rings. The van der Waals surface area contributed by atoms with Crippen molar-refractivity contribution in [3.63, 3.8) is 0 Å². The molecule has 0 aliphatic heterocycles. The van der Waals surface area contributed by atoms with Gasteiger partial charge in [0.05, 0.1) is 6.21 Å². The lowest BCUT2D eigenvalue weighted by atomic mass is 10.2. The molecule has 0 radical (unpaired) electrons.